The summed E-state index contributed by atoms with van der Waals surface area (Å²) >= 11 is 5.69. The minimum Gasteiger partial charge on any atom is -0.409 e. The summed E-state index contributed by atoms with van der Waals surface area (Å²) in [6.07, 6.45) is -3.72. The number of anilines is 1. The first-order chi connectivity index (χ1) is 12.3. The molecule has 1 heterocycles. The van der Waals surface area contributed by atoms with Gasteiger partial charge in [-0.05, 0) is 30.3 Å². The van der Waals surface area contributed by atoms with E-state index >= 15 is 0 Å². The highest BCUT2D eigenvalue weighted by atomic mass is 35.5. The van der Waals surface area contributed by atoms with Gasteiger partial charge in [-0.3, -0.25) is 0 Å². The van der Waals surface area contributed by atoms with Crippen molar-refractivity contribution >= 4 is 34.2 Å². The van der Waals surface area contributed by atoms with E-state index in [0.717, 1.165) is 12.1 Å². The summed E-state index contributed by atoms with van der Waals surface area (Å²) in [5, 5.41) is 14.9. The van der Waals surface area contributed by atoms with E-state index in [2.05, 4.69) is 25.2 Å². The fraction of sp³-hybridized carbons (Fsp3) is 0.0667. The van der Waals surface area contributed by atoms with Crippen molar-refractivity contribution in [2.45, 2.75) is 6.36 Å². The Morgan fingerprint density at radius 1 is 1.27 bits per heavy atom. The second-order valence-corrected chi connectivity index (χ2v) is 5.39. The lowest BCUT2D eigenvalue weighted by atomic mass is 10.1. The van der Waals surface area contributed by atoms with Crippen LogP contribution in [0.2, 0.25) is 5.02 Å². The Bertz CT molecular complexity index is 987. The Morgan fingerprint density at radius 3 is 2.69 bits per heavy atom. The van der Waals surface area contributed by atoms with Gasteiger partial charge in [0.25, 0.3) is 0 Å². The third-order valence-corrected chi connectivity index (χ3v) is 3.60. The third-order valence-electron chi connectivity index (χ3n) is 3.31. The van der Waals surface area contributed by atoms with Gasteiger partial charge in [-0.25, -0.2) is 9.37 Å². The quantitative estimate of drug-likeness (QED) is 0.203. The number of H-pyrrole nitrogens is 1. The van der Waals surface area contributed by atoms with Crippen LogP contribution in [0.4, 0.5) is 23.2 Å². The van der Waals surface area contributed by atoms with Crippen molar-refractivity contribution in [1.82, 2.24) is 9.97 Å². The number of amidine groups is 1. The van der Waals surface area contributed by atoms with Gasteiger partial charge in [0.1, 0.15) is 11.3 Å². The van der Waals surface area contributed by atoms with Crippen molar-refractivity contribution in [2.75, 3.05) is 5.32 Å². The first-order valence-electron chi connectivity index (χ1n) is 6.95. The number of nitrogens with one attached hydrogen (secondary N) is 2. The number of halogens is 5. The fourth-order valence-corrected chi connectivity index (χ4v) is 2.45. The van der Waals surface area contributed by atoms with Crippen LogP contribution in [0, 0.1) is 5.82 Å². The molecular weight excluding hydrogens is 380 g/mol. The summed E-state index contributed by atoms with van der Waals surface area (Å²) in [5.41, 5.74) is 0.530. The fourth-order valence-electron chi connectivity index (χ4n) is 2.27. The SMILES string of the molecule is O/N=C(/Nc1ccc(F)c(Cl)c1)c1ccc(OC(F)(F)F)c2nc[nH]c12. The van der Waals surface area contributed by atoms with Crippen LogP contribution in [0.3, 0.4) is 0 Å². The number of imidazole rings is 1. The molecule has 1 aromatic heterocycles. The molecule has 3 aromatic rings. The molecular formula is C15H9ClF4N4O2. The number of alkyl halides is 3. The van der Waals surface area contributed by atoms with Crippen molar-refractivity contribution in [3.8, 4) is 5.75 Å². The largest absolute Gasteiger partial charge is 0.573 e. The van der Waals surface area contributed by atoms with Crippen LogP contribution in [0.5, 0.6) is 5.75 Å². The second-order valence-electron chi connectivity index (χ2n) is 4.99. The van der Waals surface area contributed by atoms with Gasteiger partial charge in [0.05, 0.1) is 16.9 Å². The number of ether oxygens (including phenoxy) is 1. The minimum absolute atomic E-state index is 0.111. The van der Waals surface area contributed by atoms with Gasteiger partial charge in [-0.2, -0.15) is 0 Å². The number of benzene rings is 2. The average molecular weight is 389 g/mol. The molecule has 0 bridgehead atoms. The molecule has 26 heavy (non-hydrogen) atoms. The molecule has 0 fully saturated rings. The lowest BCUT2D eigenvalue weighted by molar-refractivity contribution is -0.274. The van der Waals surface area contributed by atoms with Crippen molar-refractivity contribution in [3.05, 3.63) is 53.1 Å². The maximum atomic E-state index is 13.2. The van der Waals surface area contributed by atoms with E-state index in [4.69, 9.17) is 11.6 Å². The molecule has 0 saturated carbocycles. The normalized spacial score (nSPS) is 12.4. The third kappa shape index (κ3) is 3.64. The molecule has 6 nitrogen and oxygen atoms in total. The number of nitrogens with zero attached hydrogens (tertiary/aromatic N) is 2. The Hall–Kier alpha value is -3.01. The van der Waals surface area contributed by atoms with Crippen LogP contribution in [-0.2, 0) is 0 Å². The average Bonchev–Trinajstić information content (AvgIpc) is 3.05. The predicted molar refractivity (Wildman–Crippen MR) is 86.1 cm³/mol. The standard InChI is InChI=1S/C15H9ClF4N4O2/c16-9-5-7(1-3-10(9)17)23-14(24-25)8-2-4-11(26-15(18,19)20)13-12(8)21-6-22-13/h1-6,25H,(H,21,22)(H,23,24). The lowest BCUT2D eigenvalue weighted by Gasteiger charge is -2.13. The molecule has 0 aliphatic heterocycles. The zero-order chi connectivity index (χ0) is 18.9. The number of aromatic nitrogens is 2. The van der Waals surface area contributed by atoms with Gasteiger partial charge in [0.2, 0.25) is 0 Å². The molecule has 0 radical (unpaired) electrons. The lowest BCUT2D eigenvalue weighted by Crippen LogP contribution is -2.18. The summed E-state index contributed by atoms with van der Waals surface area (Å²) in [6.45, 7) is 0. The van der Waals surface area contributed by atoms with Crippen molar-refractivity contribution in [1.29, 1.82) is 0 Å². The number of fused-ring (bicyclic) bond motifs is 1. The maximum Gasteiger partial charge on any atom is 0.573 e. The summed E-state index contributed by atoms with van der Waals surface area (Å²) in [4.78, 5) is 6.46. The summed E-state index contributed by atoms with van der Waals surface area (Å²) in [6, 6.07) is 5.99. The molecule has 0 unspecified atom stereocenters. The van der Waals surface area contributed by atoms with E-state index in [1.807, 2.05) is 0 Å². The minimum atomic E-state index is -4.88. The van der Waals surface area contributed by atoms with E-state index in [1.165, 1.54) is 24.5 Å². The van der Waals surface area contributed by atoms with E-state index in [-0.39, 0.29) is 27.5 Å². The number of hydrogen-bond acceptors (Lipinski definition) is 4. The monoisotopic (exact) mass is 388 g/mol. The first kappa shape index (κ1) is 17.8. The Morgan fingerprint density at radius 2 is 2.04 bits per heavy atom. The molecule has 0 aliphatic carbocycles. The predicted octanol–water partition coefficient (Wildman–Crippen LogP) is 4.50. The van der Waals surface area contributed by atoms with Crippen LogP contribution in [-0.4, -0.2) is 27.4 Å². The van der Waals surface area contributed by atoms with Crippen molar-refractivity contribution in [2.24, 2.45) is 5.16 Å². The molecule has 11 heteroatoms. The Kier molecular flexibility index (Phi) is 4.60. The zero-order valence-electron chi connectivity index (χ0n) is 12.6. The van der Waals surface area contributed by atoms with E-state index in [9.17, 15) is 22.8 Å². The Labute approximate surface area is 148 Å². The molecule has 3 N–H and O–H groups in total. The molecule has 0 aliphatic rings. The number of oxime groups is 1. The highest BCUT2D eigenvalue weighted by molar-refractivity contribution is 6.31. The Balaban J connectivity index is 1.99. The number of aromatic amines is 1. The van der Waals surface area contributed by atoms with Crippen LogP contribution < -0.4 is 10.1 Å². The number of rotatable bonds is 3. The number of hydrogen-bond donors (Lipinski definition) is 3. The molecule has 2 aromatic carbocycles. The van der Waals surface area contributed by atoms with E-state index in [1.54, 1.807) is 0 Å². The smallest absolute Gasteiger partial charge is 0.409 e. The van der Waals surface area contributed by atoms with Crippen LogP contribution in [0.25, 0.3) is 11.0 Å². The summed E-state index contributed by atoms with van der Waals surface area (Å²) < 4.78 is 54.6. The zero-order valence-corrected chi connectivity index (χ0v) is 13.4. The molecule has 3 rings (SSSR count). The molecule has 0 saturated heterocycles. The van der Waals surface area contributed by atoms with Gasteiger partial charge >= 0.3 is 6.36 Å². The summed E-state index contributed by atoms with van der Waals surface area (Å²) in [7, 11) is 0. The molecule has 0 spiro atoms. The van der Waals surface area contributed by atoms with Crippen molar-refractivity contribution in [3.63, 3.8) is 0 Å². The molecule has 136 valence electrons. The van der Waals surface area contributed by atoms with Gasteiger partial charge in [-0.1, -0.05) is 16.8 Å². The van der Waals surface area contributed by atoms with Gasteiger partial charge in [0.15, 0.2) is 11.6 Å². The molecule has 0 atom stereocenters. The highest BCUT2D eigenvalue weighted by Gasteiger charge is 2.32. The highest BCUT2D eigenvalue weighted by Crippen LogP contribution is 2.31. The summed E-state index contributed by atoms with van der Waals surface area (Å²) in [5.74, 6) is -1.27. The van der Waals surface area contributed by atoms with E-state index < -0.39 is 17.9 Å². The van der Waals surface area contributed by atoms with Crippen LogP contribution in [0.15, 0.2) is 41.8 Å². The second kappa shape index (κ2) is 6.71. The van der Waals surface area contributed by atoms with Gasteiger partial charge in [-0.15, -0.1) is 13.2 Å². The van der Waals surface area contributed by atoms with E-state index in [0.29, 0.717) is 5.69 Å². The van der Waals surface area contributed by atoms with Crippen molar-refractivity contribution < 1.29 is 27.5 Å². The maximum absolute atomic E-state index is 13.2. The van der Waals surface area contributed by atoms with Gasteiger partial charge in [0, 0.05) is 11.3 Å². The topological polar surface area (TPSA) is 82.5 Å². The first-order valence-corrected chi connectivity index (χ1v) is 7.32. The van der Waals surface area contributed by atoms with Crippen LogP contribution in [0.1, 0.15) is 5.56 Å². The van der Waals surface area contributed by atoms with Gasteiger partial charge < -0.3 is 20.2 Å². The van der Waals surface area contributed by atoms with Crippen LogP contribution >= 0.6 is 11.6 Å². The molecule has 0 amide bonds.